The van der Waals surface area contributed by atoms with Gasteiger partial charge in [-0.2, -0.15) is 5.10 Å². The molecule has 3 rings (SSSR count). The fourth-order valence-corrected chi connectivity index (χ4v) is 2.50. The summed E-state index contributed by atoms with van der Waals surface area (Å²) in [4.78, 5) is 14.0. The number of nitrogens with zero attached hydrogens (tertiary/aromatic N) is 2. The number of hydrogen-bond acceptors (Lipinski definition) is 4. The van der Waals surface area contributed by atoms with E-state index in [0.717, 1.165) is 30.7 Å². The van der Waals surface area contributed by atoms with Crippen molar-refractivity contribution in [2.45, 2.75) is 19.4 Å². The van der Waals surface area contributed by atoms with E-state index in [1.54, 1.807) is 0 Å². The predicted octanol–water partition coefficient (Wildman–Crippen LogP) is 1.54. The van der Waals surface area contributed by atoms with Crippen LogP contribution in [0.1, 0.15) is 13.3 Å². The van der Waals surface area contributed by atoms with Crippen molar-refractivity contribution in [1.29, 1.82) is 0 Å². The Bertz CT molecular complexity index is 638. The maximum Gasteiger partial charge on any atom is 0.272 e. The molecule has 1 unspecified atom stereocenters. The van der Waals surface area contributed by atoms with E-state index in [2.05, 4.69) is 22.0 Å². The number of nitrogens with one attached hydrogen (secondary N) is 1. The third-order valence-electron chi connectivity index (χ3n) is 3.57. The molecule has 1 fully saturated rings. The molecule has 0 spiro atoms. The number of morpholine rings is 1. The fourth-order valence-electron chi connectivity index (χ4n) is 2.50. The van der Waals surface area contributed by atoms with Crippen molar-refractivity contribution in [2.24, 2.45) is 0 Å². The van der Waals surface area contributed by atoms with Crippen molar-refractivity contribution >= 4 is 16.6 Å². The van der Waals surface area contributed by atoms with E-state index >= 15 is 0 Å². The molecule has 1 aliphatic rings. The summed E-state index contributed by atoms with van der Waals surface area (Å²) in [7, 11) is 0. The van der Waals surface area contributed by atoms with Crippen LogP contribution in [-0.4, -0.2) is 36.0 Å². The highest BCUT2D eigenvalue weighted by atomic mass is 16.5. The van der Waals surface area contributed by atoms with Crippen LogP contribution in [-0.2, 0) is 4.74 Å². The second kappa shape index (κ2) is 5.01. The van der Waals surface area contributed by atoms with E-state index in [1.807, 2.05) is 24.3 Å². The summed E-state index contributed by atoms with van der Waals surface area (Å²) in [5, 5.41) is 8.41. The van der Waals surface area contributed by atoms with Gasteiger partial charge in [0.25, 0.3) is 5.56 Å². The first-order valence-corrected chi connectivity index (χ1v) is 6.63. The summed E-state index contributed by atoms with van der Waals surface area (Å²) < 4.78 is 5.67. The van der Waals surface area contributed by atoms with Gasteiger partial charge in [0.15, 0.2) is 5.82 Å². The minimum Gasteiger partial charge on any atom is -0.375 e. The van der Waals surface area contributed by atoms with Crippen LogP contribution in [0.5, 0.6) is 0 Å². The molecule has 5 heteroatoms. The Labute approximate surface area is 111 Å². The van der Waals surface area contributed by atoms with E-state index in [0.29, 0.717) is 12.0 Å². The lowest BCUT2D eigenvalue weighted by molar-refractivity contribution is 0.0382. The Hall–Kier alpha value is -1.88. The third-order valence-corrected chi connectivity index (χ3v) is 3.57. The first-order chi connectivity index (χ1) is 9.29. The highest BCUT2D eigenvalue weighted by molar-refractivity contribution is 5.91. The molecule has 5 nitrogen and oxygen atoms in total. The quantitative estimate of drug-likeness (QED) is 0.888. The Morgan fingerprint density at radius 2 is 2.21 bits per heavy atom. The average Bonchev–Trinajstić information content (AvgIpc) is 2.48. The van der Waals surface area contributed by atoms with Gasteiger partial charge in [0, 0.05) is 18.5 Å². The van der Waals surface area contributed by atoms with Crippen molar-refractivity contribution in [3.8, 4) is 0 Å². The molecule has 1 saturated heterocycles. The minimum atomic E-state index is -0.139. The highest BCUT2D eigenvalue weighted by Gasteiger charge is 2.22. The smallest absolute Gasteiger partial charge is 0.272 e. The van der Waals surface area contributed by atoms with Crippen LogP contribution in [0.3, 0.4) is 0 Å². The lowest BCUT2D eigenvalue weighted by atomic mass is 10.1. The van der Waals surface area contributed by atoms with Gasteiger partial charge >= 0.3 is 0 Å². The molecule has 1 aromatic heterocycles. The molecular formula is C14H17N3O2. The van der Waals surface area contributed by atoms with Crippen LogP contribution in [0.4, 0.5) is 5.82 Å². The van der Waals surface area contributed by atoms with Crippen molar-refractivity contribution in [3.05, 3.63) is 34.6 Å². The van der Waals surface area contributed by atoms with Crippen molar-refractivity contribution < 1.29 is 4.74 Å². The number of hydrogen-bond donors (Lipinski definition) is 1. The van der Waals surface area contributed by atoms with Gasteiger partial charge in [-0.1, -0.05) is 25.1 Å². The summed E-state index contributed by atoms with van der Waals surface area (Å²) in [6, 6.07) is 7.58. The minimum absolute atomic E-state index is 0.139. The van der Waals surface area contributed by atoms with Crippen LogP contribution in [0.15, 0.2) is 29.1 Å². The number of benzene rings is 1. The molecule has 100 valence electrons. The average molecular weight is 259 g/mol. The van der Waals surface area contributed by atoms with Gasteiger partial charge in [-0.15, -0.1) is 0 Å². The zero-order valence-corrected chi connectivity index (χ0v) is 10.9. The predicted molar refractivity (Wildman–Crippen MR) is 74.6 cm³/mol. The van der Waals surface area contributed by atoms with Crippen LogP contribution >= 0.6 is 0 Å². The second-order valence-corrected chi connectivity index (χ2v) is 4.77. The molecule has 1 N–H and O–H groups in total. The summed E-state index contributed by atoms with van der Waals surface area (Å²) in [5.41, 5.74) is -0.139. The summed E-state index contributed by atoms with van der Waals surface area (Å²) in [5.74, 6) is 0.844. The largest absolute Gasteiger partial charge is 0.375 e. The van der Waals surface area contributed by atoms with E-state index in [4.69, 9.17) is 4.74 Å². The maximum absolute atomic E-state index is 11.8. The molecular weight excluding hydrogens is 242 g/mol. The van der Waals surface area contributed by atoms with Gasteiger partial charge in [-0.05, 0) is 12.5 Å². The number of ether oxygens (including phenoxy) is 1. The molecule has 1 aromatic carbocycles. The number of anilines is 1. The lowest BCUT2D eigenvalue weighted by Gasteiger charge is -2.33. The van der Waals surface area contributed by atoms with Crippen LogP contribution < -0.4 is 10.5 Å². The fraction of sp³-hybridized carbons (Fsp3) is 0.429. The molecule has 0 bridgehead atoms. The molecule has 0 aliphatic carbocycles. The van der Waals surface area contributed by atoms with E-state index < -0.39 is 0 Å². The Kier molecular flexibility index (Phi) is 3.21. The number of aromatic amines is 1. The molecule has 0 saturated carbocycles. The molecule has 2 aromatic rings. The van der Waals surface area contributed by atoms with Gasteiger partial charge in [0.05, 0.1) is 18.1 Å². The summed E-state index contributed by atoms with van der Waals surface area (Å²) in [6.45, 7) is 4.44. The monoisotopic (exact) mass is 259 g/mol. The molecule has 1 atom stereocenters. The van der Waals surface area contributed by atoms with Crippen LogP contribution in [0.2, 0.25) is 0 Å². The van der Waals surface area contributed by atoms with Gasteiger partial charge < -0.3 is 9.64 Å². The van der Waals surface area contributed by atoms with Crippen LogP contribution in [0.25, 0.3) is 10.8 Å². The van der Waals surface area contributed by atoms with E-state index in [9.17, 15) is 4.79 Å². The highest BCUT2D eigenvalue weighted by Crippen LogP contribution is 2.23. The van der Waals surface area contributed by atoms with Gasteiger partial charge in [0.1, 0.15) is 0 Å². The van der Waals surface area contributed by atoms with Gasteiger partial charge in [-0.3, -0.25) is 4.79 Å². The Balaban J connectivity index is 2.05. The van der Waals surface area contributed by atoms with Crippen molar-refractivity contribution in [1.82, 2.24) is 10.2 Å². The van der Waals surface area contributed by atoms with Crippen molar-refractivity contribution in [3.63, 3.8) is 0 Å². The number of H-pyrrole nitrogens is 1. The number of aromatic nitrogens is 2. The molecule has 2 heterocycles. The number of rotatable bonds is 2. The van der Waals surface area contributed by atoms with Gasteiger partial charge in [-0.25, -0.2) is 5.10 Å². The van der Waals surface area contributed by atoms with E-state index in [-0.39, 0.29) is 11.7 Å². The topological polar surface area (TPSA) is 58.2 Å². The molecule has 1 aliphatic heterocycles. The first kappa shape index (κ1) is 12.2. The lowest BCUT2D eigenvalue weighted by Crippen LogP contribution is -2.43. The Morgan fingerprint density at radius 3 is 3.00 bits per heavy atom. The Morgan fingerprint density at radius 1 is 1.42 bits per heavy atom. The normalized spacial score (nSPS) is 19.8. The standard InChI is InChI=1S/C14H17N3O2/c1-2-10-9-17(7-8-19-10)13-11-5-3-4-6-12(11)14(18)16-15-13/h3-6,10H,2,7-9H2,1H3,(H,16,18). The first-order valence-electron chi connectivity index (χ1n) is 6.63. The van der Waals surface area contributed by atoms with E-state index in [1.165, 1.54) is 0 Å². The summed E-state index contributed by atoms with van der Waals surface area (Å²) >= 11 is 0. The van der Waals surface area contributed by atoms with Crippen molar-refractivity contribution in [2.75, 3.05) is 24.6 Å². The van der Waals surface area contributed by atoms with Gasteiger partial charge in [0.2, 0.25) is 0 Å². The number of fused-ring (bicyclic) bond motifs is 1. The second-order valence-electron chi connectivity index (χ2n) is 4.77. The van der Waals surface area contributed by atoms with Crippen LogP contribution in [0, 0.1) is 0 Å². The molecule has 0 amide bonds. The SMILES string of the molecule is CCC1CN(c2n[nH]c(=O)c3ccccc23)CCO1. The zero-order valence-electron chi connectivity index (χ0n) is 10.9. The summed E-state index contributed by atoms with van der Waals surface area (Å²) in [6.07, 6.45) is 1.22. The molecule has 0 radical (unpaired) electrons. The zero-order chi connectivity index (χ0) is 13.2. The molecule has 19 heavy (non-hydrogen) atoms. The third kappa shape index (κ3) is 2.21. The maximum atomic E-state index is 11.8.